The molecule has 1 fully saturated rings. The van der Waals surface area contributed by atoms with E-state index in [0.717, 1.165) is 24.2 Å². The summed E-state index contributed by atoms with van der Waals surface area (Å²) >= 11 is 6.08. The molecular formula is C26H31ClN2O4. The number of benzene rings is 2. The van der Waals surface area contributed by atoms with E-state index in [4.69, 9.17) is 16.3 Å². The monoisotopic (exact) mass is 470 g/mol. The zero-order chi connectivity index (χ0) is 24.1. The molecule has 0 saturated carbocycles. The first-order valence-electron chi connectivity index (χ1n) is 11.3. The molecule has 33 heavy (non-hydrogen) atoms. The molecule has 3 rings (SSSR count). The Morgan fingerprint density at radius 1 is 1.09 bits per heavy atom. The van der Waals surface area contributed by atoms with Crippen molar-refractivity contribution in [1.82, 2.24) is 9.80 Å². The number of rotatable bonds is 9. The molecule has 0 spiro atoms. The zero-order valence-electron chi connectivity index (χ0n) is 19.6. The molecule has 0 aromatic heterocycles. The molecule has 176 valence electrons. The Morgan fingerprint density at radius 2 is 1.76 bits per heavy atom. The number of ether oxygens (including phenoxy) is 1. The molecule has 1 amide bonds. The number of carbonyl (C=O) groups excluding carboxylic acids is 2. The smallest absolute Gasteiger partial charge is 0.295 e. The van der Waals surface area contributed by atoms with Crippen LogP contribution in [0.4, 0.5) is 0 Å². The lowest BCUT2D eigenvalue weighted by Gasteiger charge is -2.28. The number of aryl methyl sites for hydroxylation is 1. The summed E-state index contributed by atoms with van der Waals surface area (Å²) < 4.78 is 5.54. The molecule has 2 aromatic carbocycles. The quantitative estimate of drug-likeness (QED) is 0.323. The van der Waals surface area contributed by atoms with E-state index in [1.165, 1.54) is 0 Å². The van der Waals surface area contributed by atoms with Crippen LogP contribution in [0.2, 0.25) is 5.02 Å². The van der Waals surface area contributed by atoms with Crippen molar-refractivity contribution >= 4 is 29.1 Å². The number of Topliss-reactive ketones (excluding diaryl/α,β-unsaturated/α-hetero) is 1. The number of halogens is 1. The fraction of sp³-hybridized carbons (Fsp3) is 0.385. The third-order valence-corrected chi connectivity index (χ3v) is 6.29. The van der Waals surface area contributed by atoms with Gasteiger partial charge >= 0.3 is 0 Å². The summed E-state index contributed by atoms with van der Waals surface area (Å²) in [5.41, 5.74) is 2.07. The van der Waals surface area contributed by atoms with Crippen LogP contribution < -0.4 is 4.74 Å². The maximum absolute atomic E-state index is 13.2. The molecule has 6 nitrogen and oxygen atoms in total. The van der Waals surface area contributed by atoms with Crippen molar-refractivity contribution in [2.45, 2.75) is 33.7 Å². The lowest BCUT2D eigenvalue weighted by atomic mass is 9.94. The predicted molar refractivity (Wildman–Crippen MR) is 131 cm³/mol. The Labute approximate surface area is 200 Å². The lowest BCUT2D eigenvalue weighted by Crippen LogP contribution is -2.38. The van der Waals surface area contributed by atoms with Crippen LogP contribution in [0.15, 0.2) is 48.0 Å². The Kier molecular flexibility index (Phi) is 8.16. The summed E-state index contributed by atoms with van der Waals surface area (Å²) in [5.74, 6) is -0.785. The van der Waals surface area contributed by atoms with Gasteiger partial charge in [-0.3, -0.25) is 9.59 Å². The summed E-state index contributed by atoms with van der Waals surface area (Å²) in [4.78, 5) is 30.0. The SMILES string of the molecule is CCOc1ccc(/C(O)=C2\C(=O)C(=O)N(CCN(CC)CC)C2c2ccc(Cl)cc2)c(C)c1. The number of hydrogen-bond acceptors (Lipinski definition) is 5. The molecule has 1 aliphatic heterocycles. The van der Waals surface area contributed by atoms with Gasteiger partial charge in [0, 0.05) is 23.7 Å². The first kappa shape index (κ1) is 24.8. The normalized spacial score (nSPS) is 17.8. The number of ketones is 1. The highest BCUT2D eigenvalue weighted by molar-refractivity contribution is 6.46. The number of amides is 1. The summed E-state index contributed by atoms with van der Waals surface area (Å²) in [5, 5.41) is 11.8. The molecule has 0 aliphatic carbocycles. The minimum atomic E-state index is -0.691. The van der Waals surface area contributed by atoms with E-state index in [9.17, 15) is 14.7 Å². The summed E-state index contributed by atoms with van der Waals surface area (Å²) in [6, 6.07) is 11.6. The van der Waals surface area contributed by atoms with E-state index >= 15 is 0 Å². The van der Waals surface area contributed by atoms with Gasteiger partial charge in [0.2, 0.25) is 0 Å². The average Bonchev–Trinajstić information content (AvgIpc) is 3.05. The maximum atomic E-state index is 13.2. The van der Waals surface area contributed by atoms with Gasteiger partial charge in [0.15, 0.2) is 0 Å². The largest absolute Gasteiger partial charge is 0.507 e. The second-order valence-electron chi connectivity index (χ2n) is 7.98. The summed E-state index contributed by atoms with van der Waals surface area (Å²) in [6.07, 6.45) is 0. The van der Waals surface area contributed by atoms with Crippen LogP contribution in [0.1, 0.15) is 43.5 Å². The minimum Gasteiger partial charge on any atom is -0.507 e. The Balaban J connectivity index is 2.10. The molecule has 7 heteroatoms. The third-order valence-electron chi connectivity index (χ3n) is 6.04. The standard InChI is InChI=1S/C26H31ClN2O4/c1-5-28(6-2)14-15-29-23(18-8-10-19(27)11-9-18)22(25(31)26(29)32)24(30)21-13-12-20(33-7-3)16-17(21)4/h8-13,16,23,30H,5-7,14-15H2,1-4H3/b24-22+. The van der Waals surface area contributed by atoms with Crippen LogP contribution in [0.5, 0.6) is 5.75 Å². The number of aliphatic hydroxyl groups excluding tert-OH is 1. The molecule has 1 aliphatic rings. The van der Waals surface area contributed by atoms with Crippen LogP contribution in [0, 0.1) is 6.92 Å². The van der Waals surface area contributed by atoms with Gasteiger partial charge in [-0.15, -0.1) is 0 Å². The Hall–Kier alpha value is -2.83. The van der Waals surface area contributed by atoms with Gasteiger partial charge in [0.1, 0.15) is 11.5 Å². The highest BCUT2D eigenvalue weighted by Gasteiger charge is 2.46. The number of likely N-dealkylation sites (N-methyl/N-ethyl adjacent to an activating group) is 1. The van der Waals surface area contributed by atoms with Gasteiger partial charge in [0.25, 0.3) is 11.7 Å². The molecular weight excluding hydrogens is 440 g/mol. The number of nitrogens with zero attached hydrogens (tertiary/aromatic N) is 2. The molecule has 1 heterocycles. The topological polar surface area (TPSA) is 70.1 Å². The van der Waals surface area contributed by atoms with E-state index in [1.54, 1.807) is 41.3 Å². The predicted octanol–water partition coefficient (Wildman–Crippen LogP) is 4.81. The number of likely N-dealkylation sites (tertiary alicyclic amines) is 1. The molecule has 1 saturated heterocycles. The molecule has 1 N–H and O–H groups in total. The van der Waals surface area contributed by atoms with Crippen molar-refractivity contribution < 1.29 is 19.4 Å². The van der Waals surface area contributed by atoms with Gasteiger partial charge in [0.05, 0.1) is 18.2 Å². The number of carbonyl (C=O) groups is 2. The molecule has 2 aromatic rings. The molecule has 1 atom stereocenters. The molecule has 1 unspecified atom stereocenters. The van der Waals surface area contributed by atoms with Crippen LogP contribution >= 0.6 is 11.6 Å². The van der Waals surface area contributed by atoms with E-state index in [0.29, 0.717) is 36.0 Å². The van der Waals surface area contributed by atoms with Crippen LogP contribution in [-0.2, 0) is 9.59 Å². The van der Waals surface area contributed by atoms with Crippen molar-refractivity contribution in [2.75, 3.05) is 32.8 Å². The second-order valence-corrected chi connectivity index (χ2v) is 8.42. The first-order valence-corrected chi connectivity index (χ1v) is 11.7. The van der Waals surface area contributed by atoms with Crippen LogP contribution in [0.25, 0.3) is 5.76 Å². The third kappa shape index (κ3) is 5.23. The van der Waals surface area contributed by atoms with E-state index < -0.39 is 17.7 Å². The highest BCUT2D eigenvalue weighted by atomic mass is 35.5. The van der Waals surface area contributed by atoms with Crippen LogP contribution in [-0.4, -0.2) is 59.4 Å². The van der Waals surface area contributed by atoms with Crippen molar-refractivity contribution in [3.63, 3.8) is 0 Å². The molecule has 0 bridgehead atoms. The lowest BCUT2D eigenvalue weighted by molar-refractivity contribution is -0.140. The first-order chi connectivity index (χ1) is 15.8. The van der Waals surface area contributed by atoms with E-state index in [2.05, 4.69) is 18.7 Å². The average molecular weight is 471 g/mol. The molecule has 0 radical (unpaired) electrons. The highest BCUT2D eigenvalue weighted by Crippen LogP contribution is 2.40. The number of aliphatic hydroxyl groups is 1. The van der Waals surface area contributed by atoms with Gasteiger partial charge < -0.3 is 19.6 Å². The minimum absolute atomic E-state index is 0.0918. The van der Waals surface area contributed by atoms with Crippen molar-refractivity contribution in [3.8, 4) is 5.75 Å². The zero-order valence-corrected chi connectivity index (χ0v) is 20.4. The summed E-state index contributed by atoms with van der Waals surface area (Å²) in [7, 11) is 0. The second kappa shape index (κ2) is 10.9. The van der Waals surface area contributed by atoms with Crippen molar-refractivity contribution in [3.05, 3.63) is 69.8 Å². The fourth-order valence-corrected chi connectivity index (χ4v) is 4.32. The van der Waals surface area contributed by atoms with Gasteiger partial charge in [-0.1, -0.05) is 37.6 Å². The Morgan fingerprint density at radius 3 is 2.33 bits per heavy atom. The Bertz CT molecular complexity index is 1040. The van der Waals surface area contributed by atoms with Gasteiger partial charge in [-0.2, -0.15) is 0 Å². The number of hydrogen-bond donors (Lipinski definition) is 1. The summed E-state index contributed by atoms with van der Waals surface area (Å²) in [6.45, 7) is 11.1. The maximum Gasteiger partial charge on any atom is 0.295 e. The van der Waals surface area contributed by atoms with Crippen molar-refractivity contribution in [1.29, 1.82) is 0 Å². The fourth-order valence-electron chi connectivity index (χ4n) is 4.19. The van der Waals surface area contributed by atoms with Gasteiger partial charge in [-0.25, -0.2) is 0 Å². The van der Waals surface area contributed by atoms with E-state index in [1.807, 2.05) is 19.9 Å². The van der Waals surface area contributed by atoms with Crippen molar-refractivity contribution in [2.24, 2.45) is 0 Å². The van der Waals surface area contributed by atoms with Crippen LogP contribution in [0.3, 0.4) is 0 Å². The van der Waals surface area contributed by atoms with Gasteiger partial charge in [-0.05, 0) is 68.4 Å². The van der Waals surface area contributed by atoms with E-state index in [-0.39, 0.29) is 11.3 Å².